The third kappa shape index (κ3) is 3.25. The van der Waals surface area contributed by atoms with E-state index in [0.29, 0.717) is 24.3 Å². The molecule has 1 aliphatic carbocycles. The average molecular weight is 424 g/mol. The van der Waals surface area contributed by atoms with Crippen LogP contribution in [0.15, 0.2) is 66.1 Å². The van der Waals surface area contributed by atoms with Gasteiger partial charge in [-0.1, -0.05) is 61.5 Å². The number of rotatable bonds is 4. The van der Waals surface area contributed by atoms with Crippen LogP contribution < -0.4 is 0 Å². The lowest BCUT2D eigenvalue weighted by molar-refractivity contribution is -0.126. The Morgan fingerprint density at radius 2 is 1.70 bits per heavy atom. The predicted molar refractivity (Wildman–Crippen MR) is 119 cm³/mol. The van der Waals surface area contributed by atoms with Gasteiger partial charge in [0, 0.05) is 30.8 Å². The summed E-state index contributed by atoms with van der Waals surface area (Å²) in [5, 5.41) is 0. The summed E-state index contributed by atoms with van der Waals surface area (Å²) in [6.07, 6.45) is 0.814. The molecule has 2 aromatic carbocycles. The number of aryl methyl sites for hydroxylation is 1. The SMILES string of the molecule is C=C(c1ccccc1)[C@@H]1CN(S(=O)(=O)c2ccc(C)cc2)[C@@]2(C)[C@@H]1CC(=O)C[C@@H]2C. The van der Waals surface area contributed by atoms with Crippen molar-refractivity contribution in [3.05, 3.63) is 72.3 Å². The largest absolute Gasteiger partial charge is 0.300 e. The van der Waals surface area contributed by atoms with E-state index in [2.05, 4.69) is 6.58 Å². The lowest BCUT2D eigenvalue weighted by atomic mass is 9.64. The molecule has 1 saturated carbocycles. The monoisotopic (exact) mass is 423 g/mol. The number of ketones is 1. The molecule has 0 unspecified atom stereocenters. The van der Waals surface area contributed by atoms with Gasteiger partial charge in [0.1, 0.15) is 5.78 Å². The maximum atomic E-state index is 13.7. The zero-order valence-electron chi connectivity index (χ0n) is 17.8. The summed E-state index contributed by atoms with van der Waals surface area (Å²) in [6, 6.07) is 16.9. The molecule has 0 bridgehead atoms. The molecule has 2 aromatic rings. The van der Waals surface area contributed by atoms with Crippen molar-refractivity contribution in [2.45, 2.75) is 44.0 Å². The Labute approximate surface area is 179 Å². The molecule has 1 saturated heterocycles. The number of benzene rings is 2. The smallest absolute Gasteiger partial charge is 0.243 e. The Balaban J connectivity index is 1.80. The first-order valence-electron chi connectivity index (χ1n) is 10.5. The van der Waals surface area contributed by atoms with Crippen molar-refractivity contribution in [3.8, 4) is 0 Å². The Kier molecular flexibility index (Phi) is 5.23. The van der Waals surface area contributed by atoms with Gasteiger partial charge in [0.15, 0.2) is 0 Å². The molecule has 0 aromatic heterocycles. The van der Waals surface area contributed by atoms with Gasteiger partial charge in [-0.25, -0.2) is 8.42 Å². The number of sulfonamides is 1. The fraction of sp³-hybridized carbons (Fsp3) is 0.400. The fourth-order valence-electron chi connectivity index (χ4n) is 5.35. The summed E-state index contributed by atoms with van der Waals surface area (Å²) in [7, 11) is -3.70. The van der Waals surface area contributed by atoms with Crippen molar-refractivity contribution in [2.24, 2.45) is 17.8 Å². The van der Waals surface area contributed by atoms with E-state index in [-0.39, 0.29) is 23.5 Å². The van der Waals surface area contributed by atoms with Gasteiger partial charge < -0.3 is 0 Å². The number of hydrogen-bond acceptors (Lipinski definition) is 3. The molecule has 0 N–H and O–H groups in total. The number of hydrogen-bond donors (Lipinski definition) is 0. The van der Waals surface area contributed by atoms with E-state index < -0.39 is 15.6 Å². The van der Waals surface area contributed by atoms with Crippen LogP contribution in [-0.4, -0.2) is 30.6 Å². The molecule has 1 aliphatic heterocycles. The third-order valence-corrected chi connectivity index (χ3v) is 9.31. The summed E-state index contributed by atoms with van der Waals surface area (Å²) < 4.78 is 29.2. The summed E-state index contributed by atoms with van der Waals surface area (Å²) in [4.78, 5) is 12.8. The van der Waals surface area contributed by atoms with E-state index in [1.54, 1.807) is 16.4 Å². The van der Waals surface area contributed by atoms with Gasteiger partial charge in [0.2, 0.25) is 10.0 Å². The molecule has 30 heavy (non-hydrogen) atoms. The van der Waals surface area contributed by atoms with Gasteiger partial charge in [0.05, 0.1) is 4.90 Å². The second-order valence-corrected chi connectivity index (χ2v) is 10.9. The van der Waals surface area contributed by atoms with Crippen LogP contribution in [0.3, 0.4) is 0 Å². The lowest BCUT2D eigenvalue weighted by Crippen LogP contribution is -2.55. The molecule has 1 heterocycles. The Morgan fingerprint density at radius 1 is 1.07 bits per heavy atom. The van der Waals surface area contributed by atoms with E-state index in [1.807, 2.05) is 63.2 Å². The van der Waals surface area contributed by atoms with E-state index in [0.717, 1.165) is 16.7 Å². The van der Waals surface area contributed by atoms with Gasteiger partial charge in [-0.05, 0) is 49.0 Å². The van der Waals surface area contributed by atoms with Crippen LogP contribution >= 0.6 is 0 Å². The number of Topliss-reactive ketones (excluding diaryl/α,β-unsaturated/α-hetero) is 1. The summed E-state index contributed by atoms with van der Waals surface area (Å²) in [6.45, 7) is 10.7. The van der Waals surface area contributed by atoms with E-state index in [4.69, 9.17) is 0 Å². The zero-order chi connectivity index (χ0) is 21.7. The first-order chi connectivity index (χ1) is 14.2. The van der Waals surface area contributed by atoms with Crippen molar-refractivity contribution in [1.29, 1.82) is 0 Å². The Morgan fingerprint density at radius 3 is 2.33 bits per heavy atom. The van der Waals surface area contributed by atoms with Crippen LogP contribution in [0.4, 0.5) is 0 Å². The number of fused-ring (bicyclic) bond motifs is 1. The highest BCUT2D eigenvalue weighted by Gasteiger charge is 2.60. The molecule has 0 spiro atoms. The minimum Gasteiger partial charge on any atom is -0.300 e. The molecule has 2 fully saturated rings. The van der Waals surface area contributed by atoms with Gasteiger partial charge in [-0.2, -0.15) is 4.31 Å². The molecule has 0 amide bonds. The van der Waals surface area contributed by atoms with Gasteiger partial charge in [0.25, 0.3) is 0 Å². The average Bonchev–Trinajstić information content (AvgIpc) is 3.03. The zero-order valence-corrected chi connectivity index (χ0v) is 18.7. The molecule has 4 atom stereocenters. The van der Waals surface area contributed by atoms with Gasteiger partial charge >= 0.3 is 0 Å². The lowest BCUT2D eigenvalue weighted by Gasteiger charge is -2.46. The molecule has 0 radical (unpaired) electrons. The second kappa shape index (κ2) is 7.47. The highest BCUT2D eigenvalue weighted by atomic mass is 32.2. The normalized spacial score (nSPS) is 29.6. The van der Waals surface area contributed by atoms with E-state index in [9.17, 15) is 13.2 Å². The van der Waals surface area contributed by atoms with Crippen molar-refractivity contribution in [3.63, 3.8) is 0 Å². The molecular weight excluding hydrogens is 394 g/mol. The molecule has 5 heteroatoms. The standard InChI is InChI=1S/C25H29NO3S/c1-17-10-12-22(13-11-17)30(28,29)26-16-23(19(3)20-8-6-5-7-9-20)24-15-21(27)14-18(2)25(24,26)4/h5-13,18,23-24H,3,14-16H2,1-2,4H3/t18-,23-,24+,25+/m0/s1. The van der Waals surface area contributed by atoms with Crippen LogP contribution in [-0.2, 0) is 14.8 Å². The highest BCUT2D eigenvalue weighted by Crippen LogP contribution is 2.54. The van der Waals surface area contributed by atoms with Crippen LogP contribution in [0.25, 0.3) is 5.57 Å². The topological polar surface area (TPSA) is 54.5 Å². The van der Waals surface area contributed by atoms with Gasteiger partial charge in [-0.15, -0.1) is 0 Å². The molecular formula is C25H29NO3S. The Hall–Kier alpha value is -2.24. The minimum atomic E-state index is -3.70. The van der Waals surface area contributed by atoms with Crippen LogP contribution in [0.5, 0.6) is 0 Å². The second-order valence-electron chi connectivity index (χ2n) is 9.03. The number of nitrogens with zero attached hydrogens (tertiary/aromatic N) is 1. The van der Waals surface area contributed by atoms with Crippen molar-refractivity contribution in [2.75, 3.05) is 6.54 Å². The predicted octanol–water partition coefficient (Wildman–Crippen LogP) is 4.70. The molecule has 158 valence electrons. The van der Waals surface area contributed by atoms with E-state index in [1.165, 1.54) is 0 Å². The fourth-order valence-corrected chi connectivity index (χ4v) is 7.27. The summed E-state index contributed by atoms with van der Waals surface area (Å²) in [5.41, 5.74) is 2.31. The Bertz CT molecular complexity index is 1080. The quantitative estimate of drug-likeness (QED) is 0.716. The first kappa shape index (κ1) is 21.0. The number of carbonyl (C=O) groups is 1. The summed E-state index contributed by atoms with van der Waals surface area (Å²) in [5.74, 6) is -0.0195. The van der Waals surface area contributed by atoms with E-state index >= 15 is 0 Å². The summed E-state index contributed by atoms with van der Waals surface area (Å²) >= 11 is 0. The number of carbonyl (C=O) groups excluding carboxylic acids is 1. The third-order valence-electron chi connectivity index (χ3n) is 7.32. The van der Waals surface area contributed by atoms with Crippen LogP contribution in [0.1, 0.15) is 37.8 Å². The first-order valence-corrected chi connectivity index (χ1v) is 11.9. The molecule has 4 rings (SSSR count). The maximum absolute atomic E-state index is 13.7. The maximum Gasteiger partial charge on any atom is 0.243 e. The minimum absolute atomic E-state index is 0.0578. The highest BCUT2D eigenvalue weighted by molar-refractivity contribution is 7.89. The van der Waals surface area contributed by atoms with Crippen molar-refractivity contribution < 1.29 is 13.2 Å². The molecule has 4 nitrogen and oxygen atoms in total. The van der Waals surface area contributed by atoms with Crippen molar-refractivity contribution in [1.82, 2.24) is 4.31 Å². The van der Waals surface area contributed by atoms with Gasteiger partial charge in [-0.3, -0.25) is 4.79 Å². The van der Waals surface area contributed by atoms with Crippen LogP contribution in [0.2, 0.25) is 0 Å². The van der Waals surface area contributed by atoms with Crippen LogP contribution in [0, 0.1) is 24.7 Å². The van der Waals surface area contributed by atoms with Crippen molar-refractivity contribution >= 4 is 21.4 Å². The molecule has 2 aliphatic rings.